The molecule has 5 aromatic heterocycles. The number of nitrogens with zero attached hydrogens (tertiary/aromatic N) is 2. The van der Waals surface area contributed by atoms with E-state index in [-0.39, 0.29) is 32.9 Å². The Balaban J connectivity index is 0.000000664. The molecular weight excluding hydrogens is 765 g/mol. The van der Waals surface area contributed by atoms with Gasteiger partial charge in [0.15, 0.2) is 12.0 Å². The Morgan fingerprint density at radius 2 is 1.14 bits per heavy atom. The van der Waals surface area contributed by atoms with Crippen LogP contribution in [0.1, 0.15) is 36.9 Å². The fraction of sp³-hybridized carbons (Fsp3) is 0.111. The Labute approximate surface area is 297 Å². The van der Waals surface area contributed by atoms with Gasteiger partial charge in [0.25, 0.3) is 0 Å². The molecule has 0 radical (unpaired) electrons. The Bertz CT molecular complexity index is 2230. The SMILES string of the molecule is C.C.N/N=C\c1ccc(S(=O)(=O)O)o1.O=Cc1ccc(S(=O)(=O)O)o1.O=S(=O)(O)c1ccc(CNn2ccc(=S)cc2)o1.S=c1ccocc1. The van der Waals surface area contributed by atoms with Crippen molar-refractivity contribution in [1.29, 1.82) is 0 Å². The van der Waals surface area contributed by atoms with Gasteiger partial charge >= 0.3 is 30.4 Å². The van der Waals surface area contributed by atoms with Gasteiger partial charge in [-0.3, -0.25) is 23.1 Å². The third kappa shape index (κ3) is 16.6. The molecule has 0 fully saturated rings. The van der Waals surface area contributed by atoms with E-state index in [1.165, 1.54) is 18.2 Å². The zero-order valence-corrected chi connectivity index (χ0v) is 27.9. The second-order valence-electron chi connectivity index (χ2n) is 8.28. The topological polar surface area (TPSA) is 288 Å². The first-order valence-corrected chi connectivity index (χ1v) is 17.4. The lowest BCUT2D eigenvalue weighted by molar-refractivity contribution is 0.109. The monoisotopic (exact) mass is 796 g/mol. The first kappa shape index (κ1) is 45.2. The van der Waals surface area contributed by atoms with Crippen molar-refractivity contribution >= 4 is 67.3 Å². The van der Waals surface area contributed by atoms with Gasteiger partial charge in [0.1, 0.15) is 11.5 Å². The predicted molar refractivity (Wildman–Crippen MR) is 184 cm³/mol. The van der Waals surface area contributed by atoms with Gasteiger partial charge in [-0.1, -0.05) is 39.3 Å². The van der Waals surface area contributed by atoms with Crippen LogP contribution >= 0.6 is 24.4 Å². The Morgan fingerprint density at radius 3 is 1.52 bits per heavy atom. The molecule has 23 heteroatoms. The maximum Gasteiger partial charge on any atom is 0.328 e. The molecule has 0 aliphatic heterocycles. The molecule has 0 bridgehead atoms. The number of rotatable bonds is 8. The number of furan rings is 3. The Hall–Kier alpha value is -4.75. The smallest absolute Gasteiger partial charge is 0.328 e. The van der Waals surface area contributed by atoms with Gasteiger partial charge in [0.05, 0.1) is 25.3 Å². The van der Waals surface area contributed by atoms with E-state index in [4.69, 9.17) is 52.8 Å². The zero-order chi connectivity index (χ0) is 36.0. The maximum atomic E-state index is 10.8. The summed E-state index contributed by atoms with van der Waals surface area (Å²) in [5.41, 5.74) is 2.95. The zero-order valence-electron chi connectivity index (χ0n) is 23.8. The van der Waals surface area contributed by atoms with Crippen molar-refractivity contribution in [3.05, 3.63) is 112 Å². The molecule has 18 nitrogen and oxygen atoms in total. The molecule has 5 heterocycles. The predicted octanol–water partition coefficient (Wildman–Crippen LogP) is 5.24. The molecule has 0 saturated heterocycles. The van der Waals surface area contributed by atoms with Gasteiger partial charge in [-0.25, -0.2) is 0 Å². The lowest BCUT2D eigenvalue weighted by Gasteiger charge is -2.07. The minimum atomic E-state index is -4.32. The highest BCUT2D eigenvalue weighted by Crippen LogP contribution is 2.14. The van der Waals surface area contributed by atoms with Crippen LogP contribution in [0, 0.1) is 9.02 Å². The molecule has 274 valence electrons. The molecule has 0 aliphatic rings. The van der Waals surface area contributed by atoms with E-state index in [9.17, 15) is 30.0 Å². The first-order valence-electron chi connectivity index (χ1n) is 12.3. The van der Waals surface area contributed by atoms with Gasteiger partial charge in [0, 0.05) is 21.4 Å². The summed E-state index contributed by atoms with van der Waals surface area (Å²) in [4.78, 5) is 9.98. The number of carbonyl (C=O) groups excluding carboxylic acids is 1. The standard InChI is InChI=1S/C10H10N2O4S2.C5H6N2O4S.C5H4O5S.C5H4OS.2CH4/c13-18(14,15)10-2-1-8(16-10)7-11-12-5-3-9(17)4-6-12;6-7-3-4-1-2-5(11-4)12(8,9)10;6-3-4-1-2-5(10-4)11(7,8)9;7-5-1-3-6-4-2-5;;/h1-6,11H,7H2,(H,13,14,15);1-3H,6H2,(H,8,9,10);1-3H,(H,7,8,9);1-4H;2*1H4/b;7-3-;;;;. The number of nitrogens with two attached hydrogens (primary N) is 1. The van der Waals surface area contributed by atoms with E-state index in [1.54, 1.807) is 53.9 Å². The van der Waals surface area contributed by atoms with Crippen molar-refractivity contribution < 1.29 is 61.4 Å². The van der Waals surface area contributed by atoms with Crippen LogP contribution in [0.15, 0.2) is 124 Å². The Morgan fingerprint density at radius 1 is 0.700 bits per heavy atom. The second-order valence-corrected chi connectivity index (χ2v) is 13.3. The average Bonchev–Trinajstić information content (AvgIpc) is 3.79. The van der Waals surface area contributed by atoms with E-state index in [2.05, 4.69) is 19.4 Å². The summed E-state index contributed by atoms with van der Waals surface area (Å²) in [6, 6.07) is 14.2. The summed E-state index contributed by atoms with van der Waals surface area (Å²) in [7, 11) is -12.9. The highest BCUT2D eigenvalue weighted by Gasteiger charge is 2.15. The number of aromatic nitrogens is 1. The van der Waals surface area contributed by atoms with Crippen molar-refractivity contribution in [3.8, 4) is 0 Å². The summed E-state index contributed by atoms with van der Waals surface area (Å²) in [6.45, 7) is 0.275. The third-order valence-electron chi connectivity index (χ3n) is 4.78. The molecule has 0 saturated carbocycles. The normalized spacial score (nSPS) is 10.8. The molecule has 0 unspecified atom stereocenters. The van der Waals surface area contributed by atoms with Crippen molar-refractivity contribution in [2.45, 2.75) is 36.7 Å². The maximum absolute atomic E-state index is 10.8. The molecule has 50 heavy (non-hydrogen) atoms. The molecule has 0 atom stereocenters. The minimum absolute atomic E-state index is 0. The fourth-order valence-corrected chi connectivity index (χ4v) is 4.31. The number of carbonyl (C=O) groups is 1. The van der Waals surface area contributed by atoms with E-state index in [0.29, 0.717) is 12.0 Å². The van der Waals surface area contributed by atoms with Crippen LogP contribution in [0.25, 0.3) is 0 Å². The molecule has 0 aliphatic carbocycles. The number of hydrazone groups is 1. The van der Waals surface area contributed by atoms with Crippen molar-refractivity contribution in [3.63, 3.8) is 0 Å². The van der Waals surface area contributed by atoms with Crippen LogP contribution < -0.4 is 11.3 Å². The molecule has 5 aromatic rings. The van der Waals surface area contributed by atoms with Gasteiger partial charge < -0.3 is 28.9 Å². The number of aldehydes is 1. The summed E-state index contributed by atoms with van der Waals surface area (Å²) < 4.78 is 111. The number of hydrogen-bond donors (Lipinski definition) is 5. The van der Waals surface area contributed by atoms with Crippen LogP contribution in [0.2, 0.25) is 0 Å². The van der Waals surface area contributed by atoms with Crippen molar-refractivity contribution in [2.24, 2.45) is 10.9 Å². The fourth-order valence-electron chi connectivity index (χ4n) is 2.75. The molecular formula is C27H32N4O14S5. The third-order valence-corrected chi connectivity index (χ3v) is 7.51. The van der Waals surface area contributed by atoms with Crippen LogP contribution in [-0.4, -0.2) is 56.1 Å². The van der Waals surface area contributed by atoms with Crippen LogP contribution in [0.5, 0.6) is 0 Å². The summed E-state index contributed by atoms with van der Waals surface area (Å²) in [5.74, 6) is 5.18. The van der Waals surface area contributed by atoms with Crippen LogP contribution in [-0.2, 0) is 36.9 Å². The van der Waals surface area contributed by atoms with Crippen molar-refractivity contribution in [2.75, 3.05) is 5.43 Å². The van der Waals surface area contributed by atoms with E-state index in [0.717, 1.165) is 33.4 Å². The molecule has 5 rings (SSSR count). The summed E-state index contributed by atoms with van der Waals surface area (Å²) in [5, 5.41) is 1.48. The van der Waals surface area contributed by atoms with E-state index in [1.807, 2.05) is 0 Å². The largest absolute Gasteiger partial charge is 0.473 e. The quantitative estimate of drug-likeness (QED) is 0.0335. The highest BCUT2D eigenvalue weighted by atomic mass is 32.2. The first-order chi connectivity index (χ1) is 22.4. The van der Waals surface area contributed by atoms with Crippen LogP contribution in [0.3, 0.4) is 0 Å². The van der Waals surface area contributed by atoms with Gasteiger partial charge in [-0.2, -0.15) is 30.4 Å². The molecule has 6 N–H and O–H groups in total. The number of nitrogens with one attached hydrogen (secondary N) is 1. The minimum Gasteiger partial charge on any atom is -0.473 e. The Kier molecular flexibility index (Phi) is 18.7. The second kappa shape index (κ2) is 20.7. The van der Waals surface area contributed by atoms with E-state index >= 15 is 0 Å². The lowest BCUT2D eigenvalue weighted by atomic mass is 10.4. The molecule has 0 amide bonds. The molecule has 0 aromatic carbocycles. The van der Waals surface area contributed by atoms with Crippen molar-refractivity contribution in [1.82, 2.24) is 4.68 Å². The number of hydrogen-bond acceptors (Lipinski definition) is 16. The van der Waals surface area contributed by atoms with Gasteiger partial charge in [-0.15, -0.1) is 0 Å². The highest BCUT2D eigenvalue weighted by molar-refractivity contribution is 7.86. The lowest BCUT2D eigenvalue weighted by Crippen LogP contribution is -2.13. The average molecular weight is 797 g/mol. The molecule has 0 spiro atoms. The van der Waals surface area contributed by atoms with Crippen LogP contribution in [0.4, 0.5) is 0 Å². The van der Waals surface area contributed by atoms with Gasteiger partial charge in [0.2, 0.25) is 15.3 Å². The number of pyridine rings is 1. The van der Waals surface area contributed by atoms with Gasteiger partial charge in [-0.05, 0) is 60.7 Å². The summed E-state index contributed by atoms with van der Waals surface area (Å²) in [6.07, 6.45) is 8.04. The van der Waals surface area contributed by atoms with E-state index < -0.39 is 45.6 Å². The summed E-state index contributed by atoms with van der Waals surface area (Å²) >= 11 is 9.69.